The number of nitrogens with zero attached hydrogens (tertiary/aromatic N) is 1. The quantitative estimate of drug-likeness (QED) is 0.0766. The Balaban J connectivity index is 1.41. The Morgan fingerprint density at radius 2 is 1.83 bits per heavy atom. The molecule has 246 valence electrons. The van der Waals surface area contributed by atoms with Gasteiger partial charge in [0.25, 0.3) is 5.91 Å². The summed E-state index contributed by atoms with van der Waals surface area (Å²) in [7, 11) is 0. The summed E-state index contributed by atoms with van der Waals surface area (Å²) < 4.78 is 0. The molecule has 0 bridgehead atoms. The molecule has 0 saturated heterocycles. The zero-order valence-corrected chi connectivity index (χ0v) is 28.2. The summed E-state index contributed by atoms with van der Waals surface area (Å²) in [6, 6.07) is 11.0. The Morgan fingerprint density at radius 3 is 2.54 bits per heavy atom. The number of hydrogen-bond donors (Lipinski definition) is 6. The van der Waals surface area contributed by atoms with Gasteiger partial charge in [-0.2, -0.15) is 16.8 Å². The number of isothiocyanates is 1. The van der Waals surface area contributed by atoms with Crippen LogP contribution in [-0.2, 0) is 27.3 Å². The van der Waals surface area contributed by atoms with Gasteiger partial charge in [-0.15, -0.1) is 0 Å². The van der Waals surface area contributed by atoms with Gasteiger partial charge >= 0.3 is 5.97 Å². The molecule has 2 amide bonds. The van der Waals surface area contributed by atoms with Crippen LogP contribution in [0.4, 0.5) is 11.4 Å². The molecule has 0 fully saturated rings. The van der Waals surface area contributed by atoms with Crippen molar-refractivity contribution in [2.45, 2.75) is 63.6 Å². The van der Waals surface area contributed by atoms with Crippen molar-refractivity contribution in [1.82, 2.24) is 21.3 Å². The van der Waals surface area contributed by atoms with Crippen molar-refractivity contribution in [1.29, 1.82) is 0 Å². The lowest BCUT2D eigenvalue weighted by Gasteiger charge is -2.22. The molecule has 2 atom stereocenters. The molecule has 0 spiro atoms. The summed E-state index contributed by atoms with van der Waals surface area (Å²) in [5.41, 5.74) is 4.09. The third kappa shape index (κ3) is 12.3. The predicted octanol–water partition coefficient (Wildman–Crippen LogP) is 3.99. The Morgan fingerprint density at radius 1 is 1.04 bits per heavy atom. The van der Waals surface area contributed by atoms with Crippen LogP contribution in [-0.4, -0.2) is 76.1 Å². The van der Waals surface area contributed by atoms with E-state index in [0.717, 1.165) is 29.8 Å². The minimum absolute atomic E-state index is 0.106. The van der Waals surface area contributed by atoms with Crippen LogP contribution in [0.2, 0.25) is 0 Å². The second-order valence-electron chi connectivity index (χ2n) is 10.7. The number of hydrogen-bond acceptors (Lipinski definition) is 9. The minimum atomic E-state index is -1.14. The van der Waals surface area contributed by atoms with Crippen LogP contribution in [0.15, 0.2) is 47.5 Å². The van der Waals surface area contributed by atoms with E-state index in [2.05, 4.69) is 49.0 Å². The van der Waals surface area contributed by atoms with Crippen LogP contribution in [0.3, 0.4) is 0 Å². The molecule has 0 radical (unpaired) electrons. The van der Waals surface area contributed by atoms with Gasteiger partial charge in [-0.25, -0.2) is 4.79 Å². The van der Waals surface area contributed by atoms with E-state index in [9.17, 15) is 24.3 Å². The summed E-state index contributed by atoms with van der Waals surface area (Å²) >= 11 is 11.5. The molecule has 0 saturated carbocycles. The molecular formula is C32H40N6O5S3. The van der Waals surface area contributed by atoms with E-state index in [1.807, 2.05) is 30.5 Å². The number of fused-ring (bicyclic) bond motifs is 1. The molecule has 46 heavy (non-hydrogen) atoms. The average Bonchev–Trinajstić information content (AvgIpc) is 3.05. The van der Waals surface area contributed by atoms with Crippen LogP contribution in [0, 0.1) is 0 Å². The van der Waals surface area contributed by atoms with Crippen LogP contribution >= 0.6 is 36.2 Å². The first kappa shape index (κ1) is 36.8. The van der Waals surface area contributed by atoms with Gasteiger partial charge in [0.2, 0.25) is 5.91 Å². The molecule has 0 aromatic heterocycles. The van der Waals surface area contributed by atoms with Gasteiger partial charge in [0.15, 0.2) is 10.9 Å². The fourth-order valence-corrected chi connectivity index (χ4v) is 5.78. The van der Waals surface area contributed by atoms with E-state index in [4.69, 9.17) is 12.2 Å². The SMILES string of the molecule is CSCC[C@H](NC(=O)c1cccc2c1CCNC2)C(=O)CCC(=O)N[C@@H](CCCCNC(=S)Nc1ccc(N=C=S)cc1)C(=O)O. The van der Waals surface area contributed by atoms with Gasteiger partial charge in [-0.1, -0.05) is 12.1 Å². The zero-order chi connectivity index (χ0) is 33.3. The van der Waals surface area contributed by atoms with Crippen LogP contribution in [0.5, 0.6) is 0 Å². The number of benzene rings is 2. The maximum Gasteiger partial charge on any atom is 0.326 e. The molecule has 0 unspecified atom stereocenters. The number of unbranched alkanes of at least 4 members (excludes halogenated alkanes) is 1. The number of amides is 2. The topological polar surface area (TPSA) is 161 Å². The number of nitrogens with one attached hydrogen (secondary N) is 5. The van der Waals surface area contributed by atoms with E-state index >= 15 is 0 Å². The van der Waals surface area contributed by atoms with Gasteiger partial charge < -0.3 is 31.7 Å². The fraction of sp³-hybridized carbons (Fsp3) is 0.438. The van der Waals surface area contributed by atoms with Gasteiger partial charge in [-0.05, 0) is 117 Å². The van der Waals surface area contributed by atoms with Crippen molar-refractivity contribution in [2.24, 2.45) is 4.99 Å². The zero-order valence-electron chi connectivity index (χ0n) is 25.7. The lowest BCUT2D eigenvalue weighted by atomic mass is 9.94. The third-order valence-corrected chi connectivity index (χ3v) is 8.41. The van der Waals surface area contributed by atoms with Crippen molar-refractivity contribution in [2.75, 3.05) is 30.4 Å². The van der Waals surface area contributed by atoms with Gasteiger partial charge in [0.1, 0.15) is 6.04 Å². The second kappa shape index (κ2) is 19.7. The molecule has 14 heteroatoms. The smallest absolute Gasteiger partial charge is 0.326 e. The number of Topliss-reactive ketones (excluding diaryl/α,β-unsaturated/α-hetero) is 1. The predicted molar refractivity (Wildman–Crippen MR) is 189 cm³/mol. The summed E-state index contributed by atoms with van der Waals surface area (Å²) in [6.07, 6.45) is 4.19. The number of rotatable bonds is 18. The maximum absolute atomic E-state index is 13.2. The Bertz CT molecular complexity index is 1430. The lowest BCUT2D eigenvalue weighted by molar-refractivity contribution is -0.142. The minimum Gasteiger partial charge on any atom is -0.480 e. The number of thiocarbonyl (C=S) groups is 2. The molecule has 6 N–H and O–H groups in total. The summed E-state index contributed by atoms with van der Waals surface area (Å²) in [6.45, 7) is 1.99. The highest BCUT2D eigenvalue weighted by Crippen LogP contribution is 2.19. The number of carbonyl (C=O) groups is 4. The first-order valence-electron chi connectivity index (χ1n) is 15.1. The standard InChI is InChI=1S/C32H40N6O5S3/c1-46-18-15-26(38-30(41)25-6-4-5-21-19-33-17-14-24(21)25)28(39)12-13-29(40)37-27(31(42)43)7-2-3-16-34-32(45)36-23-10-8-22(9-11-23)35-20-44/h4-6,8-11,26-27,33H,2-3,7,12-19H2,1H3,(H,37,40)(H,38,41)(H,42,43)(H2,34,36,45)/t26-,27-/m0/s1. The highest BCUT2D eigenvalue weighted by molar-refractivity contribution is 7.98. The molecular weight excluding hydrogens is 645 g/mol. The summed E-state index contributed by atoms with van der Waals surface area (Å²) in [5.74, 6) is -1.56. The number of aliphatic carboxylic acids is 1. The number of carbonyl (C=O) groups excluding carboxylic acids is 3. The van der Waals surface area contributed by atoms with E-state index in [0.29, 0.717) is 54.5 Å². The molecule has 11 nitrogen and oxygen atoms in total. The fourth-order valence-electron chi connectivity index (χ4n) is 4.99. The number of ketones is 1. The van der Waals surface area contributed by atoms with Crippen molar-refractivity contribution < 1.29 is 24.3 Å². The van der Waals surface area contributed by atoms with Crippen molar-refractivity contribution in [3.63, 3.8) is 0 Å². The average molecular weight is 685 g/mol. The van der Waals surface area contributed by atoms with Gasteiger partial charge in [-0.3, -0.25) is 14.4 Å². The highest BCUT2D eigenvalue weighted by Gasteiger charge is 2.25. The largest absolute Gasteiger partial charge is 0.480 e. The number of carboxylic acid groups (broad SMARTS) is 1. The summed E-state index contributed by atoms with van der Waals surface area (Å²) in [5, 5.41) is 27.2. The normalized spacial score (nSPS) is 13.2. The Kier molecular flexibility index (Phi) is 15.8. The molecule has 1 aliphatic rings. The first-order chi connectivity index (χ1) is 22.2. The van der Waals surface area contributed by atoms with E-state index in [1.54, 1.807) is 30.0 Å². The van der Waals surface area contributed by atoms with E-state index in [1.165, 1.54) is 0 Å². The van der Waals surface area contributed by atoms with Crippen molar-refractivity contribution >= 4 is 81.4 Å². The van der Waals surface area contributed by atoms with E-state index < -0.39 is 24.0 Å². The number of aliphatic imine (C=N–C) groups is 1. The second-order valence-corrected chi connectivity index (χ2v) is 12.3. The Labute approximate surface area is 284 Å². The van der Waals surface area contributed by atoms with Crippen LogP contribution in [0.1, 0.15) is 60.0 Å². The van der Waals surface area contributed by atoms with Crippen molar-refractivity contribution in [3.05, 3.63) is 59.2 Å². The Hall–Kier alpha value is -3.68. The first-order valence-corrected chi connectivity index (χ1v) is 17.3. The maximum atomic E-state index is 13.2. The molecule has 0 aliphatic carbocycles. The molecule has 2 aromatic carbocycles. The van der Waals surface area contributed by atoms with Gasteiger partial charge in [0, 0.05) is 37.2 Å². The molecule has 2 aromatic rings. The number of anilines is 1. The molecule has 1 heterocycles. The highest BCUT2D eigenvalue weighted by atomic mass is 32.2. The number of thioether (sulfide) groups is 1. The molecule has 1 aliphatic heterocycles. The monoisotopic (exact) mass is 684 g/mol. The summed E-state index contributed by atoms with van der Waals surface area (Å²) in [4.78, 5) is 54.6. The third-order valence-electron chi connectivity index (χ3n) is 7.43. The molecule has 3 rings (SSSR count). The number of carboxylic acids is 1. The van der Waals surface area contributed by atoms with Crippen LogP contribution < -0.4 is 26.6 Å². The van der Waals surface area contributed by atoms with Crippen LogP contribution in [0.25, 0.3) is 0 Å². The van der Waals surface area contributed by atoms with Gasteiger partial charge in [0.05, 0.1) is 16.9 Å². The lowest BCUT2D eigenvalue weighted by Crippen LogP contribution is -2.43. The van der Waals surface area contributed by atoms with Crippen molar-refractivity contribution in [3.8, 4) is 0 Å². The van der Waals surface area contributed by atoms with E-state index in [-0.39, 0.29) is 31.0 Å².